The van der Waals surface area contributed by atoms with E-state index in [-0.39, 0.29) is 17.6 Å². The predicted molar refractivity (Wildman–Crippen MR) is 117 cm³/mol. The Kier molecular flexibility index (Phi) is 6.60. The third kappa shape index (κ3) is 4.92. The number of piperidine rings is 1. The number of nitrogens with zero attached hydrogens (tertiary/aromatic N) is 4. The molecule has 3 aromatic rings. The molecule has 1 aromatic carbocycles. The second-order valence-electron chi connectivity index (χ2n) is 7.62. The first kappa shape index (κ1) is 21.4. The van der Waals surface area contributed by atoms with Crippen molar-refractivity contribution in [3.05, 3.63) is 45.9 Å². The highest BCUT2D eigenvalue weighted by atomic mass is 32.1. The lowest BCUT2D eigenvalue weighted by Gasteiger charge is -2.34. The number of rotatable bonds is 7. The molecule has 0 bridgehead atoms. The van der Waals surface area contributed by atoms with Gasteiger partial charge in [-0.2, -0.15) is 4.98 Å². The first-order chi connectivity index (χ1) is 15.1. The maximum atomic E-state index is 14.9. The second kappa shape index (κ2) is 9.55. The van der Waals surface area contributed by atoms with Crippen molar-refractivity contribution >= 4 is 22.9 Å². The van der Waals surface area contributed by atoms with Gasteiger partial charge in [-0.3, -0.25) is 4.79 Å². The molecule has 0 aliphatic carbocycles. The van der Waals surface area contributed by atoms with Gasteiger partial charge in [0.25, 0.3) is 5.89 Å². The van der Waals surface area contributed by atoms with Crippen molar-refractivity contribution in [3.8, 4) is 11.5 Å². The number of carbonyl (C=O) groups is 1. The van der Waals surface area contributed by atoms with Crippen LogP contribution < -0.4 is 10.2 Å². The summed E-state index contributed by atoms with van der Waals surface area (Å²) < 4.78 is 20.1. The fraction of sp³-hybridized carbons (Fsp3) is 0.455. The number of thiazole rings is 1. The number of benzene rings is 1. The highest BCUT2D eigenvalue weighted by Crippen LogP contribution is 2.29. The van der Waals surface area contributed by atoms with Gasteiger partial charge in [0, 0.05) is 30.5 Å². The summed E-state index contributed by atoms with van der Waals surface area (Å²) in [4.78, 5) is 23.4. The van der Waals surface area contributed by atoms with Gasteiger partial charge in [-0.05, 0) is 37.5 Å². The van der Waals surface area contributed by atoms with E-state index in [0.29, 0.717) is 49.0 Å². The SMILES string of the molecule is CCc1noc(-c2ccc(N3CCCC(C(=O)NCc4csc(CC)n4)C3)c(F)c2)n1. The number of carbonyl (C=O) groups excluding carboxylic acids is 1. The standard InChI is InChI=1S/C22H26FN5O2S/c1-3-19-26-22(30-27-19)14-7-8-18(17(23)10-14)28-9-5-6-15(12-28)21(29)24-11-16-13-31-20(4-2)25-16/h7-8,10,13,15H,3-6,9,11-12H2,1-2H3,(H,24,29). The van der Waals surface area contributed by atoms with Crippen LogP contribution in [0.25, 0.3) is 11.5 Å². The molecule has 1 aliphatic rings. The van der Waals surface area contributed by atoms with Gasteiger partial charge >= 0.3 is 0 Å². The summed E-state index contributed by atoms with van der Waals surface area (Å²) in [7, 11) is 0. The van der Waals surface area contributed by atoms with Crippen molar-refractivity contribution in [2.75, 3.05) is 18.0 Å². The van der Waals surface area contributed by atoms with E-state index in [4.69, 9.17) is 4.52 Å². The molecule has 1 saturated heterocycles. The Morgan fingerprint density at radius 2 is 2.19 bits per heavy atom. The van der Waals surface area contributed by atoms with E-state index < -0.39 is 0 Å². The molecule has 1 aliphatic heterocycles. The van der Waals surface area contributed by atoms with Gasteiger partial charge in [0.2, 0.25) is 5.91 Å². The topological polar surface area (TPSA) is 84.2 Å². The van der Waals surface area contributed by atoms with Crippen molar-refractivity contribution in [1.82, 2.24) is 20.4 Å². The lowest BCUT2D eigenvalue weighted by molar-refractivity contribution is -0.125. The van der Waals surface area contributed by atoms with Crippen LogP contribution in [-0.4, -0.2) is 34.1 Å². The summed E-state index contributed by atoms with van der Waals surface area (Å²) in [5.41, 5.74) is 1.93. The number of hydrogen-bond acceptors (Lipinski definition) is 7. The molecule has 0 radical (unpaired) electrons. The summed E-state index contributed by atoms with van der Waals surface area (Å²) in [5.74, 6) is 0.356. The van der Waals surface area contributed by atoms with Crippen molar-refractivity contribution in [2.45, 2.75) is 46.1 Å². The average molecular weight is 444 g/mol. The third-order valence-corrected chi connectivity index (χ3v) is 6.50. The van der Waals surface area contributed by atoms with Crippen LogP contribution in [-0.2, 0) is 24.2 Å². The molecule has 0 spiro atoms. The van der Waals surface area contributed by atoms with Crippen LogP contribution in [0.1, 0.15) is 43.2 Å². The third-order valence-electron chi connectivity index (χ3n) is 5.46. The Morgan fingerprint density at radius 1 is 1.32 bits per heavy atom. The molecular formula is C22H26FN5O2S. The van der Waals surface area contributed by atoms with E-state index >= 15 is 0 Å². The van der Waals surface area contributed by atoms with E-state index in [1.165, 1.54) is 6.07 Å². The number of aryl methyl sites for hydroxylation is 2. The van der Waals surface area contributed by atoms with Gasteiger partial charge in [-0.1, -0.05) is 19.0 Å². The van der Waals surface area contributed by atoms with Crippen molar-refractivity contribution in [2.24, 2.45) is 5.92 Å². The van der Waals surface area contributed by atoms with Gasteiger partial charge in [0.1, 0.15) is 5.82 Å². The van der Waals surface area contributed by atoms with Gasteiger partial charge in [-0.25, -0.2) is 9.37 Å². The van der Waals surface area contributed by atoms with Crippen LogP contribution >= 0.6 is 11.3 Å². The maximum Gasteiger partial charge on any atom is 0.258 e. The fourth-order valence-electron chi connectivity index (χ4n) is 3.74. The minimum Gasteiger partial charge on any atom is -0.368 e. The van der Waals surface area contributed by atoms with E-state index in [2.05, 4.69) is 27.4 Å². The Labute approximate surface area is 184 Å². The highest BCUT2D eigenvalue weighted by Gasteiger charge is 2.27. The molecule has 9 heteroatoms. The first-order valence-corrected chi connectivity index (χ1v) is 11.5. The quantitative estimate of drug-likeness (QED) is 0.594. The Bertz CT molecular complexity index is 1050. The summed E-state index contributed by atoms with van der Waals surface area (Å²) in [6, 6.07) is 4.92. The molecule has 7 nitrogen and oxygen atoms in total. The zero-order chi connectivity index (χ0) is 21.8. The number of nitrogens with one attached hydrogen (secondary N) is 1. The molecular weight excluding hydrogens is 417 g/mol. The number of anilines is 1. The number of hydrogen-bond donors (Lipinski definition) is 1. The largest absolute Gasteiger partial charge is 0.368 e. The molecule has 0 saturated carbocycles. The summed E-state index contributed by atoms with van der Waals surface area (Å²) in [6.07, 6.45) is 3.18. The van der Waals surface area contributed by atoms with Gasteiger partial charge in [0.15, 0.2) is 5.82 Å². The molecule has 1 amide bonds. The van der Waals surface area contributed by atoms with E-state index in [1.807, 2.05) is 17.2 Å². The molecule has 31 heavy (non-hydrogen) atoms. The number of amides is 1. The average Bonchev–Trinajstić information content (AvgIpc) is 3.47. The molecule has 1 atom stereocenters. The predicted octanol–water partition coefficient (Wildman–Crippen LogP) is 3.99. The van der Waals surface area contributed by atoms with E-state index in [0.717, 1.165) is 30.0 Å². The lowest BCUT2D eigenvalue weighted by Crippen LogP contribution is -2.43. The molecule has 3 heterocycles. The minimum atomic E-state index is -0.357. The minimum absolute atomic E-state index is 0.00858. The first-order valence-electron chi connectivity index (χ1n) is 10.7. The van der Waals surface area contributed by atoms with Gasteiger partial charge in [-0.15, -0.1) is 11.3 Å². The van der Waals surface area contributed by atoms with Crippen LogP contribution in [0, 0.1) is 11.7 Å². The van der Waals surface area contributed by atoms with Crippen LogP contribution in [0.15, 0.2) is 28.1 Å². The van der Waals surface area contributed by atoms with Crippen LogP contribution in [0.2, 0.25) is 0 Å². The smallest absolute Gasteiger partial charge is 0.258 e. The van der Waals surface area contributed by atoms with E-state index in [1.54, 1.807) is 23.5 Å². The summed E-state index contributed by atoms with van der Waals surface area (Å²) >= 11 is 1.61. The summed E-state index contributed by atoms with van der Waals surface area (Å²) in [5, 5.41) is 9.90. The van der Waals surface area contributed by atoms with Gasteiger partial charge < -0.3 is 14.7 Å². The Hall–Kier alpha value is -2.81. The Morgan fingerprint density at radius 3 is 2.90 bits per heavy atom. The zero-order valence-corrected chi connectivity index (χ0v) is 18.5. The van der Waals surface area contributed by atoms with Crippen molar-refractivity contribution in [1.29, 1.82) is 0 Å². The zero-order valence-electron chi connectivity index (χ0n) is 17.7. The summed E-state index contributed by atoms with van der Waals surface area (Å²) in [6.45, 7) is 5.62. The fourth-order valence-corrected chi connectivity index (χ4v) is 4.48. The van der Waals surface area contributed by atoms with Crippen LogP contribution in [0.4, 0.5) is 10.1 Å². The van der Waals surface area contributed by atoms with Crippen molar-refractivity contribution < 1.29 is 13.7 Å². The highest BCUT2D eigenvalue weighted by molar-refractivity contribution is 7.09. The molecule has 1 unspecified atom stereocenters. The molecule has 4 rings (SSSR count). The van der Waals surface area contributed by atoms with E-state index in [9.17, 15) is 9.18 Å². The van der Waals surface area contributed by atoms with Gasteiger partial charge in [0.05, 0.1) is 28.9 Å². The molecule has 2 aromatic heterocycles. The number of halogens is 1. The second-order valence-corrected chi connectivity index (χ2v) is 8.57. The normalized spacial score (nSPS) is 16.5. The van der Waals surface area contributed by atoms with Crippen LogP contribution in [0.3, 0.4) is 0 Å². The van der Waals surface area contributed by atoms with Crippen LogP contribution in [0.5, 0.6) is 0 Å². The maximum absolute atomic E-state index is 14.9. The lowest BCUT2D eigenvalue weighted by atomic mass is 9.96. The molecule has 1 N–H and O–H groups in total. The monoisotopic (exact) mass is 443 g/mol. The molecule has 1 fully saturated rings. The Balaban J connectivity index is 1.40. The molecule has 164 valence electrons. The van der Waals surface area contributed by atoms with Crippen molar-refractivity contribution in [3.63, 3.8) is 0 Å². The number of aromatic nitrogens is 3.